The van der Waals surface area contributed by atoms with Crippen molar-refractivity contribution in [1.82, 2.24) is 10.6 Å². The second-order valence-electron chi connectivity index (χ2n) is 3.73. The fourth-order valence-corrected chi connectivity index (χ4v) is 1.79. The monoisotopic (exact) mass is 206 g/mol. The van der Waals surface area contributed by atoms with Crippen LogP contribution in [-0.4, -0.2) is 19.7 Å². The SMILES string of the molecule is CCCOc1ccccc1C1NCCN1. The van der Waals surface area contributed by atoms with Crippen LogP contribution in [0, 0.1) is 0 Å². The van der Waals surface area contributed by atoms with Crippen molar-refractivity contribution in [2.24, 2.45) is 0 Å². The molecule has 1 heterocycles. The van der Waals surface area contributed by atoms with Crippen molar-refractivity contribution in [3.63, 3.8) is 0 Å². The van der Waals surface area contributed by atoms with E-state index in [1.165, 1.54) is 5.56 Å². The maximum atomic E-state index is 5.72. The third-order valence-corrected chi connectivity index (χ3v) is 2.51. The van der Waals surface area contributed by atoms with Crippen LogP contribution in [-0.2, 0) is 0 Å². The zero-order valence-electron chi connectivity index (χ0n) is 9.12. The van der Waals surface area contributed by atoms with Crippen LogP contribution in [0.5, 0.6) is 5.75 Å². The highest BCUT2D eigenvalue weighted by Gasteiger charge is 2.18. The molecule has 0 unspecified atom stereocenters. The van der Waals surface area contributed by atoms with Crippen LogP contribution in [0.3, 0.4) is 0 Å². The van der Waals surface area contributed by atoms with Crippen molar-refractivity contribution in [3.8, 4) is 5.75 Å². The van der Waals surface area contributed by atoms with Crippen LogP contribution in [0.1, 0.15) is 25.1 Å². The van der Waals surface area contributed by atoms with Crippen molar-refractivity contribution in [3.05, 3.63) is 29.8 Å². The maximum absolute atomic E-state index is 5.72. The molecule has 3 heteroatoms. The summed E-state index contributed by atoms with van der Waals surface area (Å²) in [6.45, 7) is 4.94. The molecule has 0 saturated carbocycles. The Labute approximate surface area is 90.8 Å². The molecule has 0 amide bonds. The van der Waals surface area contributed by atoms with Gasteiger partial charge >= 0.3 is 0 Å². The van der Waals surface area contributed by atoms with Crippen LogP contribution in [0.25, 0.3) is 0 Å². The van der Waals surface area contributed by atoms with Crippen LogP contribution in [0.2, 0.25) is 0 Å². The second kappa shape index (κ2) is 5.14. The topological polar surface area (TPSA) is 33.3 Å². The smallest absolute Gasteiger partial charge is 0.125 e. The average Bonchev–Trinajstić information content (AvgIpc) is 2.80. The molecule has 0 spiro atoms. The van der Waals surface area contributed by atoms with Gasteiger partial charge in [0.2, 0.25) is 0 Å². The van der Waals surface area contributed by atoms with Crippen LogP contribution in [0.4, 0.5) is 0 Å². The summed E-state index contributed by atoms with van der Waals surface area (Å²) in [4.78, 5) is 0. The lowest BCUT2D eigenvalue weighted by Crippen LogP contribution is -2.22. The highest BCUT2D eigenvalue weighted by atomic mass is 16.5. The van der Waals surface area contributed by atoms with Gasteiger partial charge in [0.1, 0.15) is 5.75 Å². The minimum absolute atomic E-state index is 0.248. The molecule has 1 saturated heterocycles. The summed E-state index contributed by atoms with van der Waals surface area (Å²) in [5.41, 5.74) is 1.21. The Hall–Kier alpha value is -1.06. The maximum Gasteiger partial charge on any atom is 0.125 e. The highest BCUT2D eigenvalue weighted by Crippen LogP contribution is 2.24. The van der Waals surface area contributed by atoms with Crippen molar-refractivity contribution >= 4 is 0 Å². The van der Waals surface area contributed by atoms with E-state index in [2.05, 4.69) is 29.7 Å². The Morgan fingerprint density at radius 2 is 2.00 bits per heavy atom. The molecule has 0 radical (unpaired) electrons. The molecule has 0 aliphatic carbocycles. The lowest BCUT2D eigenvalue weighted by molar-refractivity contribution is 0.310. The van der Waals surface area contributed by atoms with E-state index in [0.717, 1.165) is 31.9 Å². The number of benzene rings is 1. The zero-order valence-corrected chi connectivity index (χ0v) is 9.12. The number of ether oxygens (including phenoxy) is 1. The second-order valence-corrected chi connectivity index (χ2v) is 3.73. The van der Waals surface area contributed by atoms with E-state index in [1.54, 1.807) is 0 Å². The average molecular weight is 206 g/mol. The molecule has 3 nitrogen and oxygen atoms in total. The van der Waals surface area contributed by atoms with E-state index >= 15 is 0 Å². The zero-order chi connectivity index (χ0) is 10.5. The number of rotatable bonds is 4. The summed E-state index contributed by atoms with van der Waals surface area (Å²) in [5, 5.41) is 6.80. The Balaban J connectivity index is 2.13. The molecule has 1 aliphatic rings. The molecule has 1 aromatic carbocycles. The van der Waals surface area contributed by atoms with Crippen LogP contribution >= 0.6 is 0 Å². The summed E-state index contributed by atoms with van der Waals surface area (Å²) >= 11 is 0. The van der Waals surface area contributed by atoms with Crippen molar-refractivity contribution in [1.29, 1.82) is 0 Å². The van der Waals surface area contributed by atoms with Gasteiger partial charge in [-0.15, -0.1) is 0 Å². The molecule has 1 aliphatic heterocycles. The van der Waals surface area contributed by atoms with Gasteiger partial charge in [0.15, 0.2) is 0 Å². The van der Waals surface area contributed by atoms with E-state index < -0.39 is 0 Å². The Morgan fingerprint density at radius 1 is 1.27 bits per heavy atom. The van der Waals surface area contributed by atoms with E-state index in [9.17, 15) is 0 Å². The van der Waals surface area contributed by atoms with Gasteiger partial charge in [0.05, 0.1) is 12.8 Å². The number of hydrogen-bond donors (Lipinski definition) is 2. The number of hydrogen-bond acceptors (Lipinski definition) is 3. The molecular formula is C12H18N2O. The summed E-state index contributed by atoms with van der Waals surface area (Å²) in [6.07, 6.45) is 1.29. The first-order valence-electron chi connectivity index (χ1n) is 5.60. The predicted molar refractivity (Wildman–Crippen MR) is 61.0 cm³/mol. The molecule has 82 valence electrons. The minimum Gasteiger partial charge on any atom is -0.493 e. The van der Waals surface area contributed by atoms with Gasteiger partial charge in [-0.3, -0.25) is 10.6 Å². The standard InChI is InChI=1S/C12H18N2O/c1-2-9-15-11-6-4-3-5-10(11)12-13-7-8-14-12/h3-6,12-14H,2,7-9H2,1H3. The number of nitrogens with one attached hydrogen (secondary N) is 2. The van der Waals surface area contributed by atoms with Crippen molar-refractivity contribution in [2.75, 3.05) is 19.7 Å². The lowest BCUT2D eigenvalue weighted by atomic mass is 10.1. The van der Waals surface area contributed by atoms with E-state index in [4.69, 9.17) is 4.74 Å². The van der Waals surface area contributed by atoms with Gasteiger partial charge in [0, 0.05) is 18.7 Å². The van der Waals surface area contributed by atoms with Crippen LogP contribution < -0.4 is 15.4 Å². The third-order valence-electron chi connectivity index (χ3n) is 2.51. The lowest BCUT2D eigenvalue weighted by Gasteiger charge is -2.16. The van der Waals surface area contributed by atoms with E-state index in [0.29, 0.717) is 0 Å². The normalized spacial score (nSPS) is 16.9. The quantitative estimate of drug-likeness (QED) is 0.786. The Morgan fingerprint density at radius 3 is 2.73 bits per heavy atom. The molecule has 1 fully saturated rings. The van der Waals surface area contributed by atoms with Gasteiger partial charge in [-0.1, -0.05) is 25.1 Å². The first-order chi connectivity index (χ1) is 7.42. The summed E-state index contributed by atoms with van der Waals surface area (Å²) in [6, 6.07) is 8.22. The van der Waals surface area contributed by atoms with E-state index in [1.807, 2.05) is 12.1 Å². The summed E-state index contributed by atoms with van der Waals surface area (Å²) in [7, 11) is 0. The Kier molecular flexibility index (Phi) is 3.59. The predicted octanol–water partition coefficient (Wildman–Crippen LogP) is 1.67. The van der Waals surface area contributed by atoms with Gasteiger partial charge in [-0.2, -0.15) is 0 Å². The highest BCUT2D eigenvalue weighted by molar-refractivity contribution is 5.36. The van der Waals surface area contributed by atoms with E-state index in [-0.39, 0.29) is 6.17 Å². The fraction of sp³-hybridized carbons (Fsp3) is 0.500. The fourth-order valence-electron chi connectivity index (χ4n) is 1.79. The first kappa shape index (κ1) is 10.5. The van der Waals surface area contributed by atoms with Crippen molar-refractivity contribution < 1.29 is 4.74 Å². The molecule has 15 heavy (non-hydrogen) atoms. The minimum atomic E-state index is 0.248. The summed E-state index contributed by atoms with van der Waals surface area (Å²) < 4.78 is 5.72. The molecule has 0 atom stereocenters. The van der Waals surface area contributed by atoms with Gasteiger partial charge < -0.3 is 4.74 Å². The summed E-state index contributed by atoms with van der Waals surface area (Å²) in [5.74, 6) is 0.992. The van der Waals surface area contributed by atoms with Gasteiger partial charge in [-0.25, -0.2) is 0 Å². The van der Waals surface area contributed by atoms with Crippen molar-refractivity contribution in [2.45, 2.75) is 19.5 Å². The molecule has 2 rings (SSSR count). The largest absolute Gasteiger partial charge is 0.493 e. The molecule has 0 aromatic heterocycles. The molecular weight excluding hydrogens is 188 g/mol. The number of para-hydroxylation sites is 1. The third kappa shape index (κ3) is 2.49. The first-order valence-corrected chi connectivity index (χ1v) is 5.60. The van der Waals surface area contributed by atoms with Gasteiger partial charge in [0.25, 0.3) is 0 Å². The molecule has 2 N–H and O–H groups in total. The van der Waals surface area contributed by atoms with Crippen LogP contribution in [0.15, 0.2) is 24.3 Å². The Bertz CT molecular complexity index is 308. The molecule has 1 aromatic rings. The molecule has 0 bridgehead atoms. The van der Waals surface area contributed by atoms with Gasteiger partial charge in [-0.05, 0) is 12.5 Å².